The van der Waals surface area contributed by atoms with E-state index >= 15 is 0 Å². The molecule has 0 aromatic rings. The largest absolute Gasteiger partial charge is 0.325 e. The number of carbonyl (C=O) groups excluding carboxylic acids is 1. The zero-order valence-corrected chi connectivity index (χ0v) is 13.3. The van der Waals surface area contributed by atoms with Crippen LogP contribution in [0.5, 0.6) is 0 Å². The van der Waals surface area contributed by atoms with E-state index in [2.05, 4.69) is 31.0 Å². The van der Waals surface area contributed by atoms with Crippen LogP contribution in [0.25, 0.3) is 0 Å². The first-order valence-corrected chi connectivity index (χ1v) is 8.62. The summed E-state index contributed by atoms with van der Waals surface area (Å²) < 4.78 is 0. The molecule has 20 heavy (non-hydrogen) atoms. The van der Waals surface area contributed by atoms with E-state index in [1.54, 1.807) is 0 Å². The number of rotatable bonds is 5. The van der Waals surface area contributed by atoms with E-state index in [-0.39, 0.29) is 6.04 Å². The van der Waals surface area contributed by atoms with Crippen LogP contribution in [0.15, 0.2) is 0 Å². The van der Waals surface area contributed by atoms with Crippen LogP contribution in [0.1, 0.15) is 59.3 Å². The Balaban J connectivity index is 1.69. The highest BCUT2D eigenvalue weighted by molar-refractivity contribution is 5.84. The van der Waals surface area contributed by atoms with E-state index in [1.165, 1.54) is 32.1 Å². The van der Waals surface area contributed by atoms with Crippen molar-refractivity contribution in [3.8, 4) is 0 Å². The third-order valence-electron chi connectivity index (χ3n) is 5.55. The van der Waals surface area contributed by atoms with Crippen LogP contribution in [0, 0.1) is 23.7 Å². The van der Waals surface area contributed by atoms with Gasteiger partial charge in [-0.05, 0) is 49.4 Å². The van der Waals surface area contributed by atoms with Gasteiger partial charge in [0.15, 0.2) is 0 Å². The minimum Gasteiger partial charge on any atom is -0.325 e. The fourth-order valence-electron chi connectivity index (χ4n) is 4.12. The van der Waals surface area contributed by atoms with Crippen LogP contribution in [0.3, 0.4) is 0 Å². The summed E-state index contributed by atoms with van der Waals surface area (Å²) in [5, 5.41) is 3.69. The first-order chi connectivity index (χ1) is 9.56. The predicted octanol–water partition coefficient (Wildman–Crippen LogP) is 3.01. The standard InChI is InChI=1S/C17H30N2O/c1-11(2)8-15-17(20)19(10-14-9-12(14)3)16(18-15)13-6-4-5-7-13/h11-16,18H,4-10H2,1-3H3. The molecule has 0 radical (unpaired) electrons. The molecular formula is C17H30N2O. The maximum atomic E-state index is 12.7. The van der Waals surface area contributed by atoms with Crippen LogP contribution >= 0.6 is 0 Å². The lowest BCUT2D eigenvalue weighted by atomic mass is 10.0. The quantitative estimate of drug-likeness (QED) is 0.838. The Morgan fingerprint density at radius 3 is 2.50 bits per heavy atom. The lowest BCUT2D eigenvalue weighted by molar-refractivity contribution is -0.131. The molecule has 3 aliphatic rings. The van der Waals surface area contributed by atoms with E-state index in [0.717, 1.165) is 24.8 Å². The van der Waals surface area contributed by atoms with Gasteiger partial charge in [0.1, 0.15) is 0 Å². The molecule has 0 spiro atoms. The summed E-state index contributed by atoms with van der Waals surface area (Å²) in [6, 6.07) is 0.0784. The Kier molecular flexibility index (Phi) is 4.07. The summed E-state index contributed by atoms with van der Waals surface area (Å²) in [5.74, 6) is 3.26. The number of nitrogens with zero attached hydrogens (tertiary/aromatic N) is 1. The zero-order chi connectivity index (χ0) is 14.3. The van der Waals surface area contributed by atoms with Crippen LogP contribution < -0.4 is 5.32 Å². The second kappa shape index (κ2) is 5.67. The second-order valence-corrected chi connectivity index (χ2v) is 7.80. The van der Waals surface area contributed by atoms with E-state index in [0.29, 0.717) is 23.9 Å². The molecule has 3 fully saturated rings. The van der Waals surface area contributed by atoms with Gasteiger partial charge in [0.05, 0.1) is 12.2 Å². The Bertz CT molecular complexity index is 362. The Morgan fingerprint density at radius 2 is 1.95 bits per heavy atom. The van der Waals surface area contributed by atoms with Gasteiger partial charge in [0.2, 0.25) is 5.91 Å². The minimum absolute atomic E-state index is 0.0784. The van der Waals surface area contributed by atoms with Crippen molar-refractivity contribution in [3.05, 3.63) is 0 Å². The fraction of sp³-hybridized carbons (Fsp3) is 0.941. The summed E-state index contributed by atoms with van der Waals surface area (Å²) in [6.07, 6.45) is 7.93. The molecule has 1 aliphatic heterocycles. The maximum absolute atomic E-state index is 12.7. The molecule has 3 rings (SSSR count). The van der Waals surface area contributed by atoms with Gasteiger partial charge in [-0.3, -0.25) is 10.1 Å². The predicted molar refractivity (Wildman–Crippen MR) is 81.1 cm³/mol. The summed E-state index contributed by atoms with van der Waals surface area (Å²) in [5.41, 5.74) is 0. The number of nitrogens with one attached hydrogen (secondary N) is 1. The molecule has 1 saturated heterocycles. The SMILES string of the molecule is CC(C)CC1NC(C2CCCC2)N(CC2CC2C)C1=O. The Hall–Kier alpha value is -0.570. The monoisotopic (exact) mass is 278 g/mol. The van der Waals surface area contributed by atoms with Gasteiger partial charge in [-0.25, -0.2) is 0 Å². The molecule has 0 aromatic heterocycles. The molecule has 4 atom stereocenters. The van der Waals surface area contributed by atoms with Gasteiger partial charge in [-0.1, -0.05) is 33.6 Å². The summed E-state index contributed by atoms with van der Waals surface area (Å²) in [4.78, 5) is 15.0. The van der Waals surface area contributed by atoms with Crippen LogP contribution in [0.4, 0.5) is 0 Å². The minimum atomic E-state index is 0.0784. The van der Waals surface area contributed by atoms with Crippen molar-refractivity contribution in [3.63, 3.8) is 0 Å². The Labute approximate surface area is 123 Å². The molecular weight excluding hydrogens is 248 g/mol. The van der Waals surface area contributed by atoms with Gasteiger partial charge >= 0.3 is 0 Å². The summed E-state index contributed by atoms with van der Waals surface area (Å²) >= 11 is 0. The second-order valence-electron chi connectivity index (χ2n) is 7.80. The number of carbonyl (C=O) groups is 1. The fourth-order valence-corrected chi connectivity index (χ4v) is 4.12. The molecule has 0 aromatic carbocycles. The van der Waals surface area contributed by atoms with Crippen molar-refractivity contribution < 1.29 is 4.79 Å². The first kappa shape index (κ1) is 14.4. The van der Waals surface area contributed by atoms with Gasteiger partial charge in [0, 0.05) is 6.54 Å². The molecule has 2 aliphatic carbocycles. The van der Waals surface area contributed by atoms with Crippen molar-refractivity contribution in [2.45, 2.75) is 71.5 Å². The van der Waals surface area contributed by atoms with E-state index in [9.17, 15) is 4.79 Å². The highest BCUT2D eigenvalue weighted by atomic mass is 16.2. The first-order valence-electron chi connectivity index (χ1n) is 8.62. The zero-order valence-electron chi connectivity index (χ0n) is 13.3. The summed E-state index contributed by atoms with van der Waals surface area (Å²) in [6.45, 7) is 7.74. The molecule has 3 nitrogen and oxygen atoms in total. The van der Waals surface area contributed by atoms with Gasteiger partial charge in [-0.15, -0.1) is 0 Å². The molecule has 0 bridgehead atoms. The van der Waals surface area contributed by atoms with Crippen molar-refractivity contribution in [1.82, 2.24) is 10.2 Å². The molecule has 4 unspecified atom stereocenters. The summed E-state index contributed by atoms with van der Waals surface area (Å²) in [7, 11) is 0. The number of hydrogen-bond acceptors (Lipinski definition) is 2. The maximum Gasteiger partial charge on any atom is 0.241 e. The third-order valence-corrected chi connectivity index (χ3v) is 5.55. The van der Waals surface area contributed by atoms with Crippen molar-refractivity contribution in [2.75, 3.05) is 6.54 Å². The molecule has 114 valence electrons. The topological polar surface area (TPSA) is 32.3 Å². The lowest BCUT2D eigenvalue weighted by Gasteiger charge is -2.29. The van der Waals surface area contributed by atoms with Crippen molar-refractivity contribution in [2.24, 2.45) is 23.7 Å². The molecule has 1 N–H and O–H groups in total. The number of hydrogen-bond donors (Lipinski definition) is 1. The van der Waals surface area contributed by atoms with Crippen LogP contribution in [0.2, 0.25) is 0 Å². The highest BCUT2D eigenvalue weighted by Gasteiger charge is 2.46. The molecule has 1 heterocycles. The smallest absolute Gasteiger partial charge is 0.241 e. The normalized spacial score (nSPS) is 38.2. The van der Waals surface area contributed by atoms with E-state index in [1.807, 2.05) is 0 Å². The molecule has 3 heteroatoms. The molecule has 1 amide bonds. The average molecular weight is 278 g/mol. The highest BCUT2D eigenvalue weighted by Crippen LogP contribution is 2.41. The van der Waals surface area contributed by atoms with Crippen LogP contribution in [-0.2, 0) is 4.79 Å². The van der Waals surface area contributed by atoms with Crippen molar-refractivity contribution in [1.29, 1.82) is 0 Å². The molecule has 2 saturated carbocycles. The third kappa shape index (κ3) is 2.88. The van der Waals surface area contributed by atoms with Gasteiger partial charge < -0.3 is 4.90 Å². The van der Waals surface area contributed by atoms with E-state index in [4.69, 9.17) is 0 Å². The van der Waals surface area contributed by atoms with Gasteiger partial charge in [0.25, 0.3) is 0 Å². The number of amides is 1. The lowest BCUT2D eigenvalue weighted by Crippen LogP contribution is -2.43. The van der Waals surface area contributed by atoms with Gasteiger partial charge in [-0.2, -0.15) is 0 Å². The van der Waals surface area contributed by atoms with Crippen molar-refractivity contribution >= 4 is 5.91 Å². The van der Waals surface area contributed by atoms with E-state index < -0.39 is 0 Å². The Morgan fingerprint density at radius 1 is 1.30 bits per heavy atom. The average Bonchev–Trinajstić information content (AvgIpc) is 2.81. The van der Waals surface area contributed by atoms with Crippen LogP contribution in [-0.4, -0.2) is 29.6 Å².